The van der Waals surface area contributed by atoms with Gasteiger partial charge in [0.15, 0.2) is 0 Å². The Morgan fingerprint density at radius 2 is 1.96 bits per heavy atom. The topological polar surface area (TPSA) is 25.4 Å². The zero-order valence-electron chi connectivity index (χ0n) is 16.1. The molecule has 1 aromatic carbocycles. The van der Waals surface area contributed by atoms with E-state index in [1.807, 2.05) is 6.07 Å². The Hall–Kier alpha value is -2.46. The molecule has 3 nitrogen and oxygen atoms in total. The fourth-order valence-corrected chi connectivity index (χ4v) is 4.89. The van der Waals surface area contributed by atoms with Gasteiger partial charge in [0.25, 0.3) is 0 Å². The first-order chi connectivity index (χ1) is 12.9. The minimum atomic E-state index is -0.279. The van der Waals surface area contributed by atoms with Crippen molar-refractivity contribution in [2.24, 2.45) is 11.8 Å². The zero-order chi connectivity index (χ0) is 19.2. The van der Waals surface area contributed by atoms with Crippen LogP contribution in [-0.2, 0) is 12.0 Å². The van der Waals surface area contributed by atoms with E-state index in [2.05, 4.69) is 50.7 Å². The van der Waals surface area contributed by atoms with Gasteiger partial charge in [0.1, 0.15) is 11.6 Å². The number of fused-ring (bicyclic) bond motifs is 4. The fraction of sp³-hybridized carbons (Fsp3) is 0.348. The molecule has 4 heteroatoms. The minimum Gasteiger partial charge on any atom is -0.439 e. The number of pyridine rings is 1. The van der Waals surface area contributed by atoms with Crippen molar-refractivity contribution in [3.8, 4) is 11.6 Å². The Bertz CT molecular complexity index is 903. The molecule has 2 aromatic rings. The number of nitrogens with zero attached hydrogens (tertiary/aromatic N) is 2. The van der Waals surface area contributed by atoms with E-state index in [4.69, 9.17) is 9.72 Å². The molecule has 140 valence electrons. The van der Waals surface area contributed by atoms with Gasteiger partial charge in [-0.2, -0.15) is 0 Å². The number of hydrogen-bond acceptors (Lipinski definition) is 3. The molecule has 0 fully saturated rings. The molecule has 0 unspecified atom stereocenters. The predicted octanol–water partition coefficient (Wildman–Crippen LogP) is 5.09. The number of allylic oxidation sites excluding steroid dienone is 1. The standard InChI is InChI=1S/C23H25FN2O/c1-5-19-16-12-15(2)14-23(19,26(3)4)20-10-11-22(25-21(20)13-16)27-18-8-6-17(24)7-9-18/h5-12,16,19H,1,13-14H2,2-4H3/t16-,19+,23+/m0/s1. The van der Waals surface area contributed by atoms with Crippen LogP contribution in [0.3, 0.4) is 0 Å². The van der Waals surface area contributed by atoms with Crippen LogP contribution in [0.4, 0.5) is 4.39 Å². The summed E-state index contributed by atoms with van der Waals surface area (Å²) in [6, 6.07) is 10.1. The third kappa shape index (κ3) is 2.88. The number of aromatic nitrogens is 1. The summed E-state index contributed by atoms with van der Waals surface area (Å²) in [5.74, 6) is 1.60. The summed E-state index contributed by atoms with van der Waals surface area (Å²) in [7, 11) is 4.29. The molecule has 0 saturated carbocycles. The lowest BCUT2D eigenvalue weighted by Gasteiger charge is -2.54. The molecule has 1 heterocycles. The third-order valence-electron chi connectivity index (χ3n) is 5.99. The molecule has 0 N–H and O–H groups in total. The van der Waals surface area contributed by atoms with Gasteiger partial charge >= 0.3 is 0 Å². The number of ether oxygens (including phenoxy) is 1. The predicted molar refractivity (Wildman–Crippen MR) is 105 cm³/mol. The molecule has 2 aliphatic rings. The summed E-state index contributed by atoms with van der Waals surface area (Å²) in [4.78, 5) is 7.15. The lowest BCUT2D eigenvalue weighted by molar-refractivity contribution is 0.0537. The van der Waals surface area contributed by atoms with Gasteiger partial charge < -0.3 is 4.74 Å². The van der Waals surface area contributed by atoms with E-state index in [1.54, 1.807) is 12.1 Å². The van der Waals surface area contributed by atoms with E-state index in [9.17, 15) is 4.39 Å². The third-order valence-corrected chi connectivity index (χ3v) is 5.99. The van der Waals surface area contributed by atoms with Crippen molar-refractivity contribution in [1.29, 1.82) is 0 Å². The number of benzene rings is 1. The summed E-state index contributed by atoms with van der Waals surface area (Å²) in [5.41, 5.74) is 3.63. The van der Waals surface area contributed by atoms with Gasteiger partial charge in [-0.05, 0) is 75.7 Å². The van der Waals surface area contributed by atoms with E-state index in [-0.39, 0.29) is 11.4 Å². The molecule has 3 atom stereocenters. The van der Waals surface area contributed by atoms with E-state index in [1.165, 1.54) is 23.3 Å². The van der Waals surface area contributed by atoms with E-state index < -0.39 is 0 Å². The number of rotatable bonds is 4. The van der Waals surface area contributed by atoms with Crippen molar-refractivity contribution < 1.29 is 9.13 Å². The number of halogens is 1. The summed E-state index contributed by atoms with van der Waals surface area (Å²) in [6.07, 6.45) is 6.34. The molecule has 27 heavy (non-hydrogen) atoms. The Morgan fingerprint density at radius 1 is 1.22 bits per heavy atom. The van der Waals surface area contributed by atoms with Gasteiger partial charge in [0.2, 0.25) is 5.88 Å². The Balaban J connectivity index is 1.76. The highest BCUT2D eigenvalue weighted by Gasteiger charge is 2.51. The normalized spacial score (nSPS) is 26.3. The fourth-order valence-electron chi connectivity index (χ4n) is 4.89. The molecule has 0 spiro atoms. The van der Waals surface area contributed by atoms with Crippen molar-refractivity contribution in [2.45, 2.75) is 25.3 Å². The molecular weight excluding hydrogens is 339 g/mol. The maximum Gasteiger partial charge on any atom is 0.219 e. The van der Waals surface area contributed by atoms with Gasteiger partial charge in [-0.25, -0.2) is 9.37 Å². The quantitative estimate of drug-likeness (QED) is 0.706. The van der Waals surface area contributed by atoms with Crippen LogP contribution in [-0.4, -0.2) is 24.0 Å². The van der Waals surface area contributed by atoms with Crippen LogP contribution in [0.25, 0.3) is 0 Å². The van der Waals surface area contributed by atoms with Gasteiger partial charge in [-0.3, -0.25) is 4.90 Å². The van der Waals surface area contributed by atoms with Gasteiger partial charge in [-0.15, -0.1) is 6.58 Å². The molecule has 2 aliphatic carbocycles. The van der Waals surface area contributed by atoms with Crippen LogP contribution >= 0.6 is 0 Å². The van der Waals surface area contributed by atoms with Crippen LogP contribution in [0.2, 0.25) is 0 Å². The molecule has 2 bridgehead atoms. The summed E-state index contributed by atoms with van der Waals surface area (Å²) < 4.78 is 19.0. The highest BCUT2D eigenvalue weighted by atomic mass is 19.1. The molecule has 0 radical (unpaired) electrons. The second kappa shape index (κ2) is 6.61. The summed E-state index contributed by atoms with van der Waals surface area (Å²) in [6.45, 7) is 6.36. The van der Waals surface area contributed by atoms with Crippen molar-refractivity contribution in [1.82, 2.24) is 9.88 Å². The number of hydrogen-bond donors (Lipinski definition) is 0. The Labute approximate surface area is 160 Å². The van der Waals surface area contributed by atoms with E-state index in [0.29, 0.717) is 23.5 Å². The first-order valence-corrected chi connectivity index (χ1v) is 9.35. The lowest BCUT2D eigenvalue weighted by Crippen LogP contribution is -2.54. The maximum absolute atomic E-state index is 13.1. The van der Waals surface area contributed by atoms with Crippen LogP contribution in [0, 0.1) is 17.7 Å². The second-order valence-corrected chi connectivity index (χ2v) is 7.84. The van der Waals surface area contributed by atoms with Crippen molar-refractivity contribution in [2.75, 3.05) is 14.1 Å². The lowest BCUT2D eigenvalue weighted by atomic mass is 9.59. The van der Waals surface area contributed by atoms with Crippen LogP contribution in [0.5, 0.6) is 11.6 Å². The van der Waals surface area contributed by atoms with Crippen molar-refractivity contribution in [3.63, 3.8) is 0 Å². The molecule has 0 amide bonds. The largest absolute Gasteiger partial charge is 0.439 e. The highest BCUT2D eigenvalue weighted by Crippen LogP contribution is 2.53. The monoisotopic (exact) mass is 364 g/mol. The average Bonchev–Trinajstić information content (AvgIpc) is 2.62. The van der Waals surface area contributed by atoms with Crippen molar-refractivity contribution in [3.05, 3.63) is 77.8 Å². The van der Waals surface area contributed by atoms with E-state index in [0.717, 1.165) is 18.5 Å². The van der Waals surface area contributed by atoms with Gasteiger partial charge in [0, 0.05) is 12.0 Å². The second-order valence-electron chi connectivity index (χ2n) is 7.84. The smallest absolute Gasteiger partial charge is 0.219 e. The summed E-state index contributed by atoms with van der Waals surface area (Å²) >= 11 is 0. The molecule has 0 saturated heterocycles. The first-order valence-electron chi connectivity index (χ1n) is 9.35. The SMILES string of the molecule is C=C[C@@H]1[C@H]2C=C(C)C[C@]1(N(C)C)c1ccc(Oc3ccc(F)cc3)nc1C2. The first kappa shape index (κ1) is 17.9. The Kier molecular flexibility index (Phi) is 4.39. The average molecular weight is 364 g/mol. The highest BCUT2D eigenvalue weighted by molar-refractivity contribution is 5.43. The van der Waals surface area contributed by atoms with Gasteiger partial charge in [-0.1, -0.05) is 17.7 Å². The molecule has 4 rings (SSSR count). The minimum absolute atomic E-state index is 0.125. The summed E-state index contributed by atoms with van der Waals surface area (Å²) in [5, 5.41) is 0. The molecule has 0 aliphatic heterocycles. The van der Waals surface area contributed by atoms with Crippen LogP contribution in [0.15, 0.2) is 60.7 Å². The maximum atomic E-state index is 13.1. The molecule has 1 aromatic heterocycles. The van der Waals surface area contributed by atoms with E-state index >= 15 is 0 Å². The van der Waals surface area contributed by atoms with Crippen LogP contribution in [0.1, 0.15) is 24.6 Å². The Morgan fingerprint density at radius 3 is 2.63 bits per heavy atom. The van der Waals surface area contributed by atoms with Crippen molar-refractivity contribution >= 4 is 0 Å². The zero-order valence-corrected chi connectivity index (χ0v) is 16.1. The molecular formula is C23H25FN2O. The van der Waals surface area contributed by atoms with Gasteiger partial charge in [0.05, 0.1) is 11.2 Å². The van der Waals surface area contributed by atoms with Crippen LogP contribution < -0.4 is 4.74 Å².